The number of hydrogen-bond acceptors (Lipinski definition) is 3. The highest BCUT2D eigenvalue weighted by Gasteiger charge is 2.42. The fourth-order valence-electron chi connectivity index (χ4n) is 2.82. The van der Waals surface area contributed by atoms with Crippen LogP contribution in [-0.2, 0) is 15.0 Å². The third-order valence-corrected chi connectivity index (χ3v) is 4.01. The maximum absolute atomic E-state index is 13.5. The second-order valence-electron chi connectivity index (χ2n) is 5.02. The summed E-state index contributed by atoms with van der Waals surface area (Å²) in [4.78, 5) is 23.5. The zero-order chi connectivity index (χ0) is 14.0. The van der Waals surface area contributed by atoms with Crippen molar-refractivity contribution in [3.05, 3.63) is 29.6 Å². The normalized spacial score (nSPS) is 18.2. The molecule has 0 spiro atoms. The molecule has 0 aliphatic heterocycles. The molecule has 0 amide bonds. The first-order valence-corrected chi connectivity index (χ1v) is 6.36. The highest BCUT2D eigenvalue weighted by molar-refractivity contribution is 5.92. The van der Waals surface area contributed by atoms with Gasteiger partial charge in [0.2, 0.25) is 0 Å². The summed E-state index contributed by atoms with van der Waals surface area (Å²) < 4.78 is 18.8. The maximum Gasteiger partial charge on any atom is 0.140 e. The minimum absolute atomic E-state index is 0.0381. The summed E-state index contributed by atoms with van der Waals surface area (Å²) in [6.45, 7) is 1.50. The first-order chi connectivity index (χ1) is 8.99. The standard InChI is InChI=1S/C15H17FO3/c1-10(17)15(7-5-12(18)6-8-15)13-9-11(16)3-4-14(13)19-2/h3-4,9H,5-8H2,1-2H3. The van der Waals surface area contributed by atoms with Crippen LogP contribution in [0.25, 0.3) is 0 Å². The molecule has 1 aromatic rings. The molecule has 1 fully saturated rings. The lowest BCUT2D eigenvalue weighted by atomic mass is 9.66. The molecule has 4 heteroatoms. The lowest BCUT2D eigenvalue weighted by Gasteiger charge is -2.35. The Kier molecular flexibility index (Phi) is 3.69. The van der Waals surface area contributed by atoms with E-state index in [9.17, 15) is 14.0 Å². The molecule has 1 aromatic carbocycles. The van der Waals surface area contributed by atoms with Crippen LogP contribution in [-0.4, -0.2) is 18.7 Å². The number of benzene rings is 1. The van der Waals surface area contributed by atoms with Gasteiger partial charge in [0.15, 0.2) is 0 Å². The first-order valence-electron chi connectivity index (χ1n) is 6.36. The molecule has 3 nitrogen and oxygen atoms in total. The number of ketones is 2. The SMILES string of the molecule is COc1ccc(F)cc1C1(C(C)=O)CCC(=O)CC1. The molecule has 19 heavy (non-hydrogen) atoms. The number of methoxy groups -OCH3 is 1. The summed E-state index contributed by atoms with van der Waals surface area (Å²) >= 11 is 0. The zero-order valence-electron chi connectivity index (χ0n) is 11.2. The Hall–Kier alpha value is -1.71. The van der Waals surface area contributed by atoms with E-state index >= 15 is 0 Å². The van der Waals surface area contributed by atoms with Crippen LogP contribution in [0, 0.1) is 5.82 Å². The molecule has 102 valence electrons. The van der Waals surface area contributed by atoms with Crippen molar-refractivity contribution in [3.63, 3.8) is 0 Å². The van der Waals surface area contributed by atoms with Gasteiger partial charge in [-0.1, -0.05) is 0 Å². The number of rotatable bonds is 3. The number of Topliss-reactive ketones (excluding diaryl/α,β-unsaturated/α-hetero) is 2. The quantitative estimate of drug-likeness (QED) is 0.843. The van der Waals surface area contributed by atoms with Crippen molar-refractivity contribution in [3.8, 4) is 5.75 Å². The Balaban J connectivity index is 2.53. The predicted octanol–water partition coefficient (Wildman–Crippen LogP) is 2.80. The minimum atomic E-state index is -0.790. The van der Waals surface area contributed by atoms with Crippen molar-refractivity contribution in [1.29, 1.82) is 0 Å². The summed E-state index contributed by atoms with van der Waals surface area (Å²) in [7, 11) is 1.50. The van der Waals surface area contributed by atoms with Gasteiger partial charge in [0, 0.05) is 18.4 Å². The third-order valence-electron chi connectivity index (χ3n) is 4.01. The predicted molar refractivity (Wildman–Crippen MR) is 68.8 cm³/mol. The van der Waals surface area contributed by atoms with Crippen molar-refractivity contribution in [2.45, 2.75) is 38.0 Å². The van der Waals surface area contributed by atoms with E-state index in [4.69, 9.17) is 4.74 Å². The van der Waals surface area contributed by atoms with Gasteiger partial charge in [-0.15, -0.1) is 0 Å². The van der Waals surface area contributed by atoms with Gasteiger partial charge in [0.1, 0.15) is 23.1 Å². The molecular formula is C15H17FO3. The molecular weight excluding hydrogens is 247 g/mol. The summed E-state index contributed by atoms with van der Waals surface area (Å²) in [5, 5.41) is 0. The average molecular weight is 264 g/mol. The Morgan fingerprint density at radius 1 is 1.32 bits per heavy atom. The van der Waals surface area contributed by atoms with Gasteiger partial charge in [0.05, 0.1) is 12.5 Å². The molecule has 0 radical (unpaired) electrons. The fraction of sp³-hybridized carbons (Fsp3) is 0.467. The zero-order valence-corrected chi connectivity index (χ0v) is 11.2. The number of halogens is 1. The summed E-state index contributed by atoms with van der Waals surface area (Å²) in [6.07, 6.45) is 1.58. The molecule has 0 heterocycles. The topological polar surface area (TPSA) is 43.4 Å². The summed E-state index contributed by atoms with van der Waals surface area (Å²) in [6, 6.07) is 4.20. The van der Waals surface area contributed by atoms with Gasteiger partial charge < -0.3 is 4.74 Å². The monoisotopic (exact) mass is 264 g/mol. The second kappa shape index (κ2) is 5.11. The van der Waals surface area contributed by atoms with E-state index in [1.54, 1.807) is 0 Å². The van der Waals surface area contributed by atoms with Crippen LogP contribution < -0.4 is 4.74 Å². The Morgan fingerprint density at radius 3 is 2.47 bits per heavy atom. The van der Waals surface area contributed by atoms with E-state index in [2.05, 4.69) is 0 Å². The van der Waals surface area contributed by atoms with Crippen LogP contribution in [0.2, 0.25) is 0 Å². The summed E-state index contributed by atoms with van der Waals surface area (Å²) in [5.74, 6) is 0.232. The molecule has 0 atom stereocenters. The highest BCUT2D eigenvalue weighted by Crippen LogP contribution is 2.43. The van der Waals surface area contributed by atoms with Crippen LogP contribution in [0.1, 0.15) is 38.2 Å². The van der Waals surface area contributed by atoms with Crippen LogP contribution in [0.3, 0.4) is 0 Å². The Morgan fingerprint density at radius 2 is 1.95 bits per heavy atom. The van der Waals surface area contributed by atoms with Gasteiger partial charge in [0.25, 0.3) is 0 Å². The lowest BCUT2D eigenvalue weighted by Crippen LogP contribution is -2.39. The van der Waals surface area contributed by atoms with Crippen LogP contribution in [0.4, 0.5) is 4.39 Å². The third kappa shape index (κ3) is 2.39. The lowest BCUT2D eigenvalue weighted by molar-refractivity contribution is -0.127. The van der Waals surface area contributed by atoms with E-state index in [1.807, 2.05) is 0 Å². The largest absolute Gasteiger partial charge is 0.496 e. The number of ether oxygens (including phenoxy) is 1. The van der Waals surface area contributed by atoms with E-state index in [-0.39, 0.29) is 11.6 Å². The van der Waals surface area contributed by atoms with Crippen molar-refractivity contribution >= 4 is 11.6 Å². The molecule has 0 aromatic heterocycles. The van der Waals surface area contributed by atoms with Crippen LogP contribution >= 0.6 is 0 Å². The van der Waals surface area contributed by atoms with Crippen molar-refractivity contribution in [2.24, 2.45) is 0 Å². The molecule has 1 aliphatic carbocycles. The number of carbonyl (C=O) groups excluding carboxylic acids is 2. The minimum Gasteiger partial charge on any atom is -0.496 e. The molecule has 0 unspecified atom stereocenters. The molecule has 0 bridgehead atoms. The van der Waals surface area contributed by atoms with Gasteiger partial charge >= 0.3 is 0 Å². The molecule has 1 saturated carbocycles. The van der Waals surface area contributed by atoms with Crippen molar-refractivity contribution < 1.29 is 18.7 Å². The first kappa shape index (κ1) is 13.7. The molecule has 1 aliphatic rings. The van der Waals surface area contributed by atoms with Crippen LogP contribution in [0.5, 0.6) is 5.75 Å². The van der Waals surface area contributed by atoms with E-state index < -0.39 is 11.2 Å². The highest BCUT2D eigenvalue weighted by atomic mass is 19.1. The Bertz CT molecular complexity index is 512. The fourth-order valence-corrected chi connectivity index (χ4v) is 2.82. The number of carbonyl (C=O) groups is 2. The van der Waals surface area contributed by atoms with Gasteiger partial charge in [-0.2, -0.15) is 0 Å². The average Bonchev–Trinajstić information content (AvgIpc) is 2.39. The molecule has 0 saturated heterocycles. The Labute approximate surface area is 111 Å². The van der Waals surface area contributed by atoms with Crippen molar-refractivity contribution in [1.82, 2.24) is 0 Å². The molecule has 2 rings (SSSR count). The smallest absolute Gasteiger partial charge is 0.140 e. The van der Waals surface area contributed by atoms with E-state index in [0.717, 1.165) is 0 Å². The second-order valence-corrected chi connectivity index (χ2v) is 5.02. The van der Waals surface area contributed by atoms with Crippen molar-refractivity contribution in [2.75, 3.05) is 7.11 Å². The van der Waals surface area contributed by atoms with E-state index in [0.29, 0.717) is 37.0 Å². The van der Waals surface area contributed by atoms with Gasteiger partial charge in [-0.05, 0) is 38.0 Å². The van der Waals surface area contributed by atoms with Gasteiger partial charge in [-0.25, -0.2) is 4.39 Å². The van der Waals surface area contributed by atoms with E-state index in [1.165, 1.54) is 32.2 Å². The molecule has 0 N–H and O–H groups in total. The summed E-state index contributed by atoms with van der Waals surface area (Å²) in [5.41, 5.74) is -0.226. The van der Waals surface area contributed by atoms with Gasteiger partial charge in [-0.3, -0.25) is 9.59 Å². The van der Waals surface area contributed by atoms with Crippen LogP contribution in [0.15, 0.2) is 18.2 Å². The maximum atomic E-state index is 13.5. The number of hydrogen-bond donors (Lipinski definition) is 0.